The number of ether oxygens (including phenoxy) is 1. The van der Waals surface area contributed by atoms with Crippen LogP contribution in [0.2, 0.25) is 0 Å². The van der Waals surface area contributed by atoms with Crippen molar-refractivity contribution < 1.29 is 14.3 Å². The molecule has 0 atom stereocenters. The highest BCUT2D eigenvalue weighted by atomic mass is 32.1. The van der Waals surface area contributed by atoms with Crippen molar-refractivity contribution in [3.8, 4) is 0 Å². The first-order valence-electron chi connectivity index (χ1n) is 8.96. The molecule has 8 nitrogen and oxygen atoms in total. The fourth-order valence-corrected chi connectivity index (χ4v) is 3.33. The SMILES string of the molecule is CCCC(=O)Nc1ccc(C(=O)OCc2cc(=O)n3nc(CC)sc3n2)cc1. The number of benzene rings is 1. The third-order valence-electron chi connectivity index (χ3n) is 3.87. The van der Waals surface area contributed by atoms with Crippen molar-refractivity contribution in [2.45, 2.75) is 39.7 Å². The van der Waals surface area contributed by atoms with Gasteiger partial charge in [-0.05, 0) is 37.1 Å². The molecule has 9 heteroatoms. The fourth-order valence-electron chi connectivity index (χ4n) is 2.48. The molecule has 1 amide bonds. The Labute approximate surface area is 165 Å². The van der Waals surface area contributed by atoms with Crippen LogP contribution in [-0.4, -0.2) is 26.5 Å². The van der Waals surface area contributed by atoms with E-state index >= 15 is 0 Å². The van der Waals surface area contributed by atoms with Crippen LogP contribution in [0.1, 0.15) is 47.7 Å². The number of aryl methyl sites for hydroxylation is 1. The van der Waals surface area contributed by atoms with E-state index in [1.165, 1.54) is 21.9 Å². The summed E-state index contributed by atoms with van der Waals surface area (Å²) in [5.41, 5.74) is 1.02. The van der Waals surface area contributed by atoms with E-state index in [0.29, 0.717) is 34.7 Å². The van der Waals surface area contributed by atoms with Gasteiger partial charge in [0.25, 0.3) is 5.56 Å². The Morgan fingerprint density at radius 3 is 2.64 bits per heavy atom. The number of anilines is 1. The van der Waals surface area contributed by atoms with Crippen LogP contribution in [0, 0.1) is 0 Å². The Hall–Kier alpha value is -3.07. The summed E-state index contributed by atoms with van der Waals surface area (Å²) in [6, 6.07) is 7.75. The van der Waals surface area contributed by atoms with Gasteiger partial charge in [0.1, 0.15) is 11.6 Å². The summed E-state index contributed by atoms with van der Waals surface area (Å²) in [7, 11) is 0. The van der Waals surface area contributed by atoms with E-state index < -0.39 is 5.97 Å². The Bertz CT molecular complexity index is 1060. The molecule has 0 saturated carbocycles. The molecule has 2 heterocycles. The number of nitrogens with one attached hydrogen (secondary N) is 1. The standard InChI is InChI=1S/C19H20N4O4S/c1-3-5-15(24)20-13-8-6-12(7-9-13)18(26)27-11-14-10-17(25)23-19(21-14)28-16(4-2)22-23/h6-10H,3-5,11H2,1-2H3,(H,20,24). The summed E-state index contributed by atoms with van der Waals surface area (Å²) in [6.45, 7) is 3.77. The Morgan fingerprint density at radius 1 is 1.21 bits per heavy atom. The van der Waals surface area contributed by atoms with E-state index in [9.17, 15) is 14.4 Å². The van der Waals surface area contributed by atoms with Gasteiger partial charge in [0, 0.05) is 18.2 Å². The van der Waals surface area contributed by atoms with Crippen molar-refractivity contribution in [2.75, 3.05) is 5.32 Å². The molecule has 0 unspecified atom stereocenters. The van der Waals surface area contributed by atoms with Crippen LogP contribution in [0.3, 0.4) is 0 Å². The van der Waals surface area contributed by atoms with Crippen LogP contribution < -0.4 is 10.9 Å². The first-order valence-corrected chi connectivity index (χ1v) is 9.77. The maximum Gasteiger partial charge on any atom is 0.338 e. The molecule has 0 fully saturated rings. The van der Waals surface area contributed by atoms with Gasteiger partial charge in [-0.3, -0.25) is 9.59 Å². The smallest absolute Gasteiger partial charge is 0.338 e. The number of rotatable bonds is 7. The maximum absolute atomic E-state index is 12.2. The van der Waals surface area contributed by atoms with Crippen molar-refractivity contribution in [2.24, 2.45) is 0 Å². The molecular weight excluding hydrogens is 380 g/mol. The van der Waals surface area contributed by atoms with E-state index in [-0.39, 0.29) is 18.1 Å². The van der Waals surface area contributed by atoms with Crippen LogP contribution in [0.15, 0.2) is 35.1 Å². The molecule has 0 aliphatic carbocycles. The number of hydrogen-bond acceptors (Lipinski definition) is 7. The highest BCUT2D eigenvalue weighted by molar-refractivity contribution is 7.16. The molecule has 0 aliphatic heterocycles. The van der Waals surface area contributed by atoms with Crippen molar-refractivity contribution in [3.05, 3.63) is 57.0 Å². The van der Waals surface area contributed by atoms with Gasteiger partial charge < -0.3 is 10.1 Å². The van der Waals surface area contributed by atoms with Crippen molar-refractivity contribution >= 4 is 33.9 Å². The molecule has 1 aromatic carbocycles. The van der Waals surface area contributed by atoms with E-state index in [1.807, 2.05) is 13.8 Å². The zero-order chi connectivity index (χ0) is 20.1. The summed E-state index contributed by atoms with van der Waals surface area (Å²) >= 11 is 1.33. The van der Waals surface area contributed by atoms with Crippen LogP contribution in [0.5, 0.6) is 0 Å². The average molecular weight is 400 g/mol. The van der Waals surface area contributed by atoms with Crippen LogP contribution >= 0.6 is 11.3 Å². The van der Waals surface area contributed by atoms with Crippen molar-refractivity contribution in [3.63, 3.8) is 0 Å². The molecule has 146 valence electrons. The van der Waals surface area contributed by atoms with Gasteiger partial charge in [0.2, 0.25) is 10.9 Å². The lowest BCUT2D eigenvalue weighted by molar-refractivity contribution is -0.116. The summed E-state index contributed by atoms with van der Waals surface area (Å²) in [4.78, 5) is 40.7. The Balaban J connectivity index is 1.64. The second-order valence-electron chi connectivity index (χ2n) is 6.08. The molecule has 0 spiro atoms. The zero-order valence-corrected chi connectivity index (χ0v) is 16.4. The molecule has 1 N–H and O–H groups in total. The normalized spacial score (nSPS) is 10.8. The Kier molecular flexibility index (Phi) is 6.15. The molecule has 0 radical (unpaired) electrons. The topological polar surface area (TPSA) is 103 Å². The van der Waals surface area contributed by atoms with Crippen LogP contribution in [0.4, 0.5) is 5.69 Å². The number of esters is 1. The van der Waals surface area contributed by atoms with Gasteiger partial charge >= 0.3 is 5.97 Å². The Morgan fingerprint density at radius 2 is 1.96 bits per heavy atom. The quantitative estimate of drug-likeness (QED) is 0.612. The van der Waals surface area contributed by atoms with Gasteiger partial charge in [-0.2, -0.15) is 9.61 Å². The summed E-state index contributed by atoms with van der Waals surface area (Å²) < 4.78 is 6.51. The number of amides is 1. The van der Waals surface area contributed by atoms with Gasteiger partial charge in [-0.1, -0.05) is 25.2 Å². The second kappa shape index (κ2) is 8.75. The highest BCUT2D eigenvalue weighted by Gasteiger charge is 2.12. The number of carbonyl (C=O) groups excluding carboxylic acids is 2. The van der Waals surface area contributed by atoms with Crippen molar-refractivity contribution in [1.29, 1.82) is 0 Å². The molecule has 3 aromatic rings. The van der Waals surface area contributed by atoms with E-state index in [0.717, 1.165) is 11.4 Å². The van der Waals surface area contributed by atoms with E-state index in [4.69, 9.17) is 4.74 Å². The third kappa shape index (κ3) is 4.61. The molecule has 0 saturated heterocycles. The monoisotopic (exact) mass is 400 g/mol. The fraction of sp³-hybridized carbons (Fsp3) is 0.316. The predicted molar refractivity (Wildman–Crippen MR) is 106 cm³/mol. The second-order valence-corrected chi connectivity index (χ2v) is 7.12. The molecular formula is C19H20N4O4S. The predicted octanol–water partition coefficient (Wildman–Crippen LogP) is 2.81. The summed E-state index contributed by atoms with van der Waals surface area (Å²) in [5.74, 6) is -0.605. The first kappa shape index (κ1) is 19.7. The first-order chi connectivity index (χ1) is 13.5. The molecule has 0 bridgehead atoms. The van der Waals surface area contributed by atoms with Gasteiger partial charge in [0.15, 0.2) is 0 Å². The lowest BCUT2D eigenvalue weighted by atomic mass is 10.2. The number of aromatic nitrogens is 3. The highest BCUT2D eigenvalue weighted by Crippen LogP contribution is 2.14. The van der Waals surface area contributed by atoms with Gasteiger partial charge in [-0.15, -0.1) is 0 Å². The van der Waals surface area contributed by atoms with E-state index in [2.05, 4.69) is 15.4 Å². The number of nitrogens with zero attached hydrogens (tertiary/aromatic N) is 3. The lowest BCUT2D eigenvalue weighted by Gasteiger charge is -2.07. The van der Waals surface area contributed by atoms with Crippen LogP contribution in [-0.2, 0) is 22.6 Å². The average Bonchev–Trinajstić information content (AvgIpc) is 3.11. The molecule has 28 heavy (non-hydrogen) atoms. The minimum atomic E-state index is -0.535. The van der Waals surface area contributed by atoms with Gasteiger partial charge in [-0.25, -0.2) is 9.78 Å². The third-order valence-corrected chi connectivity index (χ3v) is 4.93. The minimum Gasteiger partial charge on any atom is -0.456 e. The maximum atomic E-state index is 12.2. The van der Waals surface area contributed by atoms with Gasteiger partial charge in [0.05, 0.1) is 11.3 Å². The minimum absolute atomic E-state index is 0.0696. The summed E-state index contributed by atoms with van der Waals surface area (Å²) in [5, 5.41) is 7.74. The van der Waals surface area contributed by atoms with Crippen molar-refractivity contribution in [1.82, 2.24) is 14.6 Å². The van der Waals surface area contributed by atoms with E-state index in [1.54, 1.807) is 24.3 Å². The lowest BCUT2D eigenvalue weighted by Crippen LogP contribution is -2.16. The van der Waals surface area contributed by atoms with Crippen LogP contribution in [0.25, 0.3) is 4.96 Å². The molecule has 0 aliphatic rings. The number of fused-ring (bicyclic) bond motifs is 1. The number of carbonyl (C=O) groups is 2. The molecule has 3 rings (SSSR count). The molecule has 2 aromatic heterocycles. The summed E-state index contributed by atoms with van der Waals surface area (Å²) in [6.07, 6.45) is 1.92. The largest absolute Gasteiger partial charge is 0.456 e. The zero-order valence-electron chi connectivity index (χ0n) is 15.6. The number of hydrogen-bond donors (Lipinski definition) is 1.